The molecule has 1 amide bonds. The molecule has 0 saturated carbocycles. The molecule has 0 aliphatic heterocycles. The standard InChI is InChI=1S/C13H20N2O4/c1-4-19-6-5-13(16)15-10-8-12(18-3)11(17-2)7-9(10)14/h7-8H,4-6,14H2,1-3H3,(H,15,16). The topological polar surface area (TPSA) is 82.8 Å². The van der Waals surface area contributed by atoms with Crippen LogP contribution in [0.25, 0.3) is 0 Å². The first-order valence-electron chi connectivity index (χ1n) is 6.01. The smallest absolute Gasteiger partial charge is 0.226 e. The first kappa shape index (κ1) is 15.1. The molecular weight excluding hydrogens is 248 g/mol. The number of hydrogen-bond donors (Lipinski definition) is 2. The predicted octanol–water partition coefficient (Wildman–Crippen LogP) is 1.65. The van der Waals surface area contributed by atoms with Gasteiger partial charge in [-0.25, -0.2) is 0 Å². The van der Waals surface area contributed by atoms with Gasteiger partial charge in [-0.2, -0.15) is 0 Å². The molecule has 0 atom stereocenters. The Morgan fingerprint density at radius 2 is 1.89 bits per heavy atom. The lowest BCUT2D eigenvalue weighted by molar-refractivity contribution is -0.117. The molecule has 0 saturated heterocycles. The fraction of sp³-hybridized carbons (Fsp3) is 0.462. The third-order valence-corrected chi connectivity index (χ3v) is 2.51. The number of nitrogens with one attached hydrogen (secondary N) is 1. The van der Waals surface area contributed by atoms with Gasteiger partial charge in [0.1, 0.15) is 0 Å². The second-order valence-corrected chi connectivity index (χ2v) is 3.79. The van der Waals surface area contributed by atoms with Crippen LogP contribution in [0.5, 0.6) is 11.5 Å². The van der Waals surface area contributed by atoms with Gasteiger partial charge < -0.3 is 25.3 Å². The molecule has 0 heterocycles. The van der Waals surface area contributed by atoms with Crippen LogP contribution in [0.1, 0.15) is 13.3 Å². The summed E-state index contributed by atoms with van der Waals surface area (Å²) in [6.45, 7) is 2.85. The lowest BCUT2D eigenvalue weighted by Crippen LogP contribution is -2.15. The highest BCUT2D eigenvalue weighted by Gasteiger charge is 2.11. The van der Waals surface area contributed by atoms with E-state index in [1.165, 1.54) is 14.2 Å². The van der Waals surface area contributed by atoms with Crippen LogP contribution in [0.3, 0.4) is 0 Å². The summed E-state index contributed by atoms with van der Waals surface area (Å²) in [5.41, 5.74) is 6.76. The molecular formula is C13H20N2O4. The van der Waals surface area contributed by atoms with Gasteiger partial charge in [-0.3, -0.25) is 4.79 Å². The first-order valence-corrected chi connectivity index (χ1v) is 6.01. The van der Waals surface area contributed by atoms with Gasteiger partial charge in [0.2, 0.25) is 5.91 Å². The van der Waals surface area contributed by atoms with Gasteiger partial charge in [0.15, 0.2) is 11.5 Å². The maximum Gasteiger partial charge on any atom is 0.226 e. The summed E-state index contributed by atoms with van der Waals surface area (Å²) in [7, 11) is 3.05. The van der Waals surface area contributed by atoms with Gasteiger partial charge in [0.25, 0.3) is 0 Å². The van der Waals surface area contributed by atoms with Crippen molar-refractivity contribution in [1.82, 2.24) is 0 Å². The van der Waals surface area contributed by atoms with E-state index in [2.05, 4.69) is 5.32 Å². The minimum atomic E-state index is -0.160. The molecule has 19 heavy (non-hydrogen) atoms. The van der Waals surface area contributed by atoms with Crippen molar-refractivity contribution in [3.63, 3.8) is 0 Å². The van der Waals surface area contributed by atoms with E-state index in [-0.39, 0.29) is 12.3 Å². The average molecular weight is 268 g/mol. The Hall–Kier alpha value is -1.95. The van der Waals surface area contributed by atoms with E-state index in [1.54, 1.807) is 12.1 Å². The maximum atomic E-state index is 11.7. The number of anilines is 2. The maximum absolute atomic E-state index is 11.7. The largest absolute Gasteiger partial charge is 0.493 e. The van der Waals surface area contributed by atoms with Gasteiger partial charge >= 0.3 is 0 Å². The Morgan fingerprint density at radius 3 is 2.47 bits per heavy atom. The first-order chi connectivity index (χ1) is 9.12. The highest BCUT2D eigenvalue weighted by Crippen LogP contribution is 2.34. The Kier molecular flexibility index (Phi) is 5.95. The number of nitrogens with two attached hydrogens (primary N) is 1. The molecule has 6 nitrogen and oxygen atoms in total. The van der Waals surface area contributed by atoms with E-state index in [4.69, 9.17) is 19.9 Å². The fourth-order valence-corrected chi connectivity index (χ4v) is 1.52. The zero-order chi connectivity index (χ0) is 14.3. The molecule has 0 aliphatic rings. The van der Waals surface area contributed by atoms with E-state index in [0.29, 0.717) is 36.1 Å². The normalized spacial score (nSPS) is 10.1. The van der Waals surface area contributed by atoms with Crippen molar-refractivity contribution >= 4 is 17.3 Å². The monoisotopic (exact) mass is 268 g/mol. The average Bonchev–Trinajstić information content (AvgIpc) is 2.40. The summed E-state index contributed by atoms with van der Waals surface area (Å²) < 4.78 is 15.4. The molecule has 1 rings (SSSR count). The fourth-order valence-electron chi connectivity index (χ4n) is 1.52. The number of methoxy groups -OCH3 is 2. The van der Waals surface area contributed by atoms with Gasteiger partial charge in [-0.15, -0.1) is 0 Å². The van der Waals surface area contributed by atoms with Gasteiger partial charge in [0.05, 0.1) is 38.6 Å². The molecule has 3 N–H and O–H groups in total. The van der Waals surface area contributed by atoms with Crippen molar-refractivity contribution in [3.8, 4) is 11.5 Å². The second-order valence-electron chi connectivity index (χ2n) is 3.79. The van der Waals surface area contributed by atoms with Crippen LogP contribution in [-0.4, -0.2) is 33.3 Å². The van der Waals surface area contributed by atoms with Crippen LogP contribution in [0.15, 0.2) is 12.1 Å². The van der Waals surface area contributed by atoms with Gasteiger partial charge in [-0.1, -0.05) is 0 Å². The number of carbonyl (C=O) groups is 1. The third-order valence-electron chi connectivity index (χ3n) is 2.51. The Morgan fingerprint density at radius 1 is 1.26 bits per heavy atom. The molecule has 0 bridgehead atoms. The number of rotatable bonds is 7. The lowest BCUT2D eigenvalue weighted by atomic mass is 10.2. The molecule has 0 aromatic heterocycles. The number of benzene rings is 1. The van der Waals surface area contributed by atoms with Gasteiger partial charge in [0, 0.05) is 18.7 Å². The molecule has 6 heteroatoms. The second kappa shape index (κ2) is 7.48. The Balaban J connectivity index is 2.75. The molecule has 106 valence electrons. The number of nitrogen functional groups attached to an aromatic ring is 1. The van der Waals surface area contributed by atoms with Crippen molar-refractivity contribution < 1.29 is 19.0 Å². The molecule has 0 fully saturated rings. The van der Waals surface area contributed by atoms with Crippen LogP contribution in [-0.2, 0) is 9.53 Å². The molecule has 0 aliphatic carbocycles. The number of ether oxygens (including phenoxy) is 3. The summed E-state index contributed by atoms with van der Waals surface area (Å²) in [6, 6.07) is 3.24. The zero-order valence-corrected chi connectivity index (χ0v) is 11.5. The van der Waals surface area contributed by atoms with Crippen LogP contribution in [0.4, 0.5) is 11.4 Å². The van der Waals surface area contributed by atoms with Crippen molar-refractivity contribution in [2.75, 3.05) is 38.5 Å². The van der Waals surface area contributed by atoms with E-state index in [1.807, 2.05) is 6.92 Å². The van der Waals surface area contributed by atoms with E-state index in [9.17, 15) is 4.79 Å². The molecule has 1 aromatic rings. The van der Waals surface area contributed by atoms with Gasteiger partial charge in [-0.05, 0) is 6.92 Å². The number of carbonyl (C=O) groups excluding carboxylic acids is 1. The number of hydrogen-bond acceptors (Lipinski definition) is 5. The molecule has 0 radical (unpaired) electrons. The van der Waals surface area contributed by atoms with E-state index >= 15 is 0 Å². The minimum Gasteiger partial charge on any atom is -0.493 e. The van der Waals surface area contributed by atoms with Crippen molar-refractivity contribution in [3.05, 3.63) is 12.1 Å². The quantitative estimate of drug-likeness (QED) is 0.580. The van der Waals surface area contributed by atoms with Crippen LogP contribution in [0.2, 0.25) is 0 Å². The minimum absolute atomic E-state index is 0.160. The van der Waals surface area contributed by atoms with Crippen molar-refractivity contribution in [2.45, 2.75) is 13.3 Å². The Bertz CT molecular complexity index is 435. The third kappa shape index (κ3) is 4.33. The highest BCUT2D eigenvalue weighted by molar-refractivity contribution is 5.94. The molecule has 0 spiro atoms. The number of amides is 1. The van der Waals surface area contributed by atoms with Crippen molar-refractivity contribution in [2.24, 2.45) is 0 Å². The summed E-state index contributed by atoms with van der Waals surface area (Å²) in [5, 5.41) is 2.72. The van der Waals surface area contributed by atoms with E-state index < -0.39 is 0 Å². The summed E-state index contributed by atoms with van der Waals surface area (Å²) in [4.78, 5) is 11.7. The lowest BCUT2D eigenvalue weighted by Gasteiger charge is -2.13. The van der Waals surface area contributed by atoms with E-state index in [0.717, 1.165) is 0 Å². The summed E-state index contributed by atoms with van der Waals surface area (Å²) in [5.74, 6) is 0.872. The molecule has 1 aromatic carbocycles. The van der Waals surface area contributed by atoms with Crippen LogP contribution in [0, 0.1) is 0 Å². The van der Waals surface area contributed by atoms with Crippen molar-refractivity contribution in [1.29, 1.82) is 0 Å². The highest BCUT2D eigenvalue weighted by atomic mass is 16.5. The Labute approximate surface area is 112 Å². The van der Waals surface area contributed by atoms with Crippen LogP contribution < -0.4 is 20.5 Å². The molecule has 0 unspecified atom stereocenters. The predicted molar refractivity (Wildman–Crippen MR) is 73.7 cm³/mol. The van der Waals surface area contributed by atoms with Crippen LogP contribution >= 0.6 is 0 Å². The zero-order valence-electron chi connectivity index (χ0n) is 11.5. The summed E-state index contributed by atoms with van der Waals surface area (Å²) in [6.07, 6.45) is 0.279. The SMILES string of the molecule is CCOCCC(=O)Nc1cc(OC)c(OC)cc1N. The summed E-state index contributed by atoms with van der Waals surface area (Å²) >= 11 is 0.